The monoisotopic (exact) mass is 310 g/mol. The Kier molecular flexibility index (Phi) is 5.87. The molecule has 0 aliphatic carbocycles. The summed E-state index contributed by atoms with van der Waals surface area (Å²) in [4.78, 5) is 0. The summed E-state index contributed by atoms with van der Waals surface area (Å²) in [6.45, 7) is 7.52. The first kappa shape index (κ1) is 16.7. The molecule has 0 amide bonds. The third kappa shape index (κ3) is 4.39. The average Bonchev–Trinajstić information content (AvgIpc) is 2.56. The number of rotatable bonds is 8. The van der Waals surface area contributed by atoms with Gasteiger partial charge in [0.05, 0.1) is 14.2 Å². The number of benzene rings is 2. The predicted molar refractivity (Wildman–Crippen MR) is 93.9 cm³/mol. The Morgan fingerprint density at radius 1 is 0.783 bits per heavy atom. The zero-order chi connectivity index (χ0) is 16.7. The highest BCUT2D eigenvalue weighted by atomic mass is 16.5. The highest BCUT2D eigenvalue weighted by molar-refractivity contribution is 5.47. The molecule has 0 aliphatic heterocycles. The molecule has 0 fully saturated rings. The van der Waals surface area contributed by atoms with E-state index in [0.717, 1.165) is 29.7 Å². The van der Waals surface area contributed by atoms with Gasteiger partial charge in [-0.1, -0.05) is 18.2 Å². The van der Waals surface area contributed by atoms with Crippen LogP contribution in [0.3, 0.4) is 0 Å². The van der Waals surface area contributed by atoms with Gasteiger partial charge in [0.15, 0.2) is 11.5 Å². The lowest BCUT2D eigenvalue weighted by Gasteiger charge is -2.13. The van der Waals surface area contributed by atoms with Crippen LogP contribution in [0.4, 0.5) is 0 Å². The Labute approximate surface area is 137 Å². The second-order valence-electron chi connectivity index (χ2n) is 5.09. The average molecular weight is 310 g/mol. The first-order chi connectivity index (χ1) is 11.2. The van der Waals surface area contributed by atoms with Gasteiger partial charge in [0.2, 0.25) is 0 Å². The van der Waals surface area contributed by atoms with Crippen LogP contribution in [0.5, 0.6) is 23.0 Å². The molecule has 3 nitrogen and oxygen atoms in total. The van der Waals surface area contributed by atoms with E-state index >= 15 is 0 Å². The van der Waals surface area contributed by atoms with E-state index in [1.165, 1.54) is 0 Å². The Hall–Kier alpha value is -2.68. The van der Waals surface area contributed by atoms with Crippen molar-refractivity contribution in [3.63, 3.8) is 0 Å². The molecule has 0 aromatic heterocycles. The van der Waals surface area contributed by atoms with Crippen LogP contribution in [0.25, 0.3) is 0 Å². The molecule has 0 heterocycles. The first-order valence-electron chi connectivity index (χ1n) is 7.44. The van der Waals surface area contributed by atoms with E-state index in [9.17, 15) is 0 Å². The van der Waals surface area contributed by atoms with Crippen LogP contribution in [0.2, 0.25) is 0 Å². The number of methoxy groups -OCH3 is 2. The van der Waals surface area contributed by atoms with Crippen molar-refractivity contribution in [3.05, 3.63) is 72.8 Å². The van der Waals surface area contributed by atoms with Gasteiger partial charge in [-0.3, -0.25) is 0 Å². The molecule has 0 saturated heterocycles. The SMILES string of the molecule is C=CCc1cc(OC)cc(Oc2ccc(CC=C)cc2OC)c1. The lowest BCUT2D eigenvalue weighted by molar-refractivity contribution is 0.375. The Balaban J connectivity index is 2.32. The third-order valence-corrected chi connectivity index (χ3v) is 3.39. The van der Waals surface area contributed by atoms with Gasteiger partial charge in [-0.05, 0) is 48.2 Å². The molecule has 0 N–H and O–H groups in total. The summed E-state index contributed by atoms with van der Waals surface area (Å²) in [5, 5.41) is 0. The van der Waals surface area contributed by atoms with E-state index in [1.807, 2.05) is 48.6 Å². The first-order valence-corrected chi connectivity index (χ1v) is 7.44. The van der Waals surface area contributed by atoms with Crippen molar-refractivity contribution in [2.45, 2.75) is 12.8 Å². The van der Waals surface area contributed by atoms with Crippen LogP contribution in [0, 0.1) is 0 Å². The molecule has 2 aromatic carbocycles. The van der Waals surface area contributed by atoms with Crippen molar-refractivity contribution in [3.8, 4) is 23.0 Å². The summed E-state index contributed by atoms with van der Waals surface area (Å²) in [5.41, 5.74) is 2.21. The van der Waals surface area contributed by atoms with Crippen LogP contribution in [0.15, 0.2) is 61.7 Å². The molecule has 0 aliphatic rings. The summed E-state index contributed by atoms with van der Waals surface area (Å²) >= 11 is 0. The summed E-state index contributed by atoms with van der Waals surface area (Å²) < 4.78 is 16.8. The Bertz CT molecular complexity index is 689. The van der Waals surface area contributed by atoms with Crippen LogP contribution in [-0.2, 0) is 12.8 Å². The fourth-order valence-corrected chi connectivity index (χ4v) is 2.31. The smallest absolute Gasteiger partial charge is 0.169 e. The number of ether oxygens (including phenoxy) is 3. The molecule has 2 aromatic rings. The maximum absolute atomic E-state index is 6.00. The topological polar surface area (TPSA) is 27.7 Å². The Morgan fingerprint density at radius 2 is 1.48 bits per heavy atom. The van der Waals surface area contributed by atoms with Crippen LogP contribution >= 0.6 is 0 Å². The molecule has 2 rings (SSSR count). The molecule has 0 atom stereocenters. The van der Waals surface area contributed by atoms with Crippen molar-refractivity contribution < 1.29 is 14.2 Å². The van der Waals surface area contributed by atoms with E-state index in [1.54, 1.807) is 14.2 Å². The van der Waals surface area contributed by atoms with Crippen molar-refractivity contribution in [1.29, 1.82) is 0 Å². The normalized spacial score (nSPS) is 10.0. The highest BCUT2D eigenvalue weighted by Gasteiger charge is 2.09. The molecule has 0 bridgehead atoms. The fraction of sp³-hybridized carbons (Fsp3) is 0.200. The second kappa shape index (κ2) is 8.08. The molecule has 120 valence electrons. The lowest BCUT2D eigenvalue weighted by Crippen LogP contribution is -1.94. The number of hydrogen-bond acceptors (Lipinski definition) is 3. The van der Waals surface area contributed by atoms with E-state index in [4.69, 9.17) is 14.2 Å². The summed E-state index contributed by atoms with van der Waals surface area (Å²) in [5.74, 6) is 2.81. The van der Waals surface area contributed by atoms with E-state index < -0.39 is 0 Å². The zero-order valence-corrected chi connectivity index (χ0v) is 13.7. The van der Waals surface area contributed by atoms with E-state index in [2.05, 4.69) is 13.2 Å². The quantitative estimate of drug-likeness (QED) is 0.645. The second-order valence-corrected chi connectivity index (χ2v) is 5.09. The lowest BCUT2D eigenvalue weighted by atomic mass is 10.1. The van der Waals surface area contributed by atoms with Gasteiger partial charge in [0.25, 0.3) is 0 Å². The number of allylic oxidation sites excluding steroid dienone is 2. The standard InChI is InChI=1S/C20H22O3/c1-5-7-15-9-10-19(20(13-15)22-4)23-18-12-16(8-6-2)11-17(14-18)21-3/h5-6,9-14H,1-2,7-8H2,3-4H3. The van der Waals surface area contributed by atoms with E-state index in [-0.39, 0.29) is 0 Å². The van der Waals surface area contributed by atoms with Crippen LogP contribution in [0.1, 0.15) is 11.1 Å². The zero-order valence-electron chi connectivity index (χ0n) is 13.7. The summed E-state index contributed by atoms with van der Waals surface area (Å²) in [6.07, 6.45) is 5.25. The third-order valence-electron chi connectivity index (χ3n) is 3.39. The van der Waals surface area contributed by atoms with Gasteiger partial charge in [-0.25, -0.2) is 0 Å². The molecule has 23 heavy (non-hydrogen) atoms. The van der Waals surface area contributed by atoms with E-state index in [0.29, 0.717) is 17.2 Å². The van der Waals surface area contributed by atoms with Crippen LogP contribution in [-0.4, -0.2) is 14.2 Å². The van der Waals surface area contributed by atoms with Gasteiger partial charge in [-0.2, -0.15) is 0 Å². The predicted octanol–water partition coefficient (Wildman–Crippen LogP) is 4.95. The van der Waals surface area contributed by atoms with Crippen molar-refractivity contribution >= 4 is 0 Å². The largest absolute Gasteiger partial charge is 0.497 e. The molecule has 0 saturated carbocycles. The summed E-state index contributed by atoms with van der Waals surface area (Å²) in [6, 6.07) is 11.7. The maximum Gasteiger partial charge on any atom is 0.169 e. The maximum atomic E-state index is 6.00. The molecule has 0 spiro atoms. The molecule has 0 radical (unpaired) electrons. The minimum absolute atomic E-state index is 0.665. The summed E-state index contributed by atoms with van der Waals surface area (Å²) in [7, 11) is 3.27. The molecular weight excluding hydrogens is 288 g/mol. The minimum Gasteiger partial charge on any atom is -0.497 e. The highest BCUT2D eigenvalue weighted by Crippen LogP contribution is 2.34. The fourth-order valence-electron chi connectivity index (χ4n) is 2.31. The van der Waals surface area contributed by atoms with Gasteiger partial charge in [0, 0.05) is 6.07 Å². The van der Waals surface area contributed by atoms with Crippen molar-refractivity contribution in [2.75, 3.05) is 14.2 Å². The Morgan fingerprint density at radius 3 is 2.13 bits per heavy atom. The van der Waals surface area contributed by atoms with Crippen molar-refractivity contribution in [1.82, 2.24) is 0 Å². The van der Waals surface area contributed by atoms with Gasteiger partial charge < -0.3 is 14.2 Å². The van der Waals surface area contributed by atoms with Gasteiger partial charge in [0.1, 0.15) is 11.5 Å². The molecule has 3 heteroatoms. The van der Waals surface area contributed by atoms with Gasteiger partial charge in [-0.15, -0.1) is 13.2 Å². The van der Waals surface area contributed by atoms with Crippen LogP contribution < -0.4 is 14.2 Å². The minimum atomic E-state index is 0.665. The molecule has 0 unspecified atom stereocenters. The van der Waals surface area contributed by atoms with Crippen molar-refractivity contribution in [2.24, 2.45) is 0 Å². The molecular formula is C20H22O3. The number of hydrogen-bond donors (Lipinski definition) is 0. The van der Waals surface area contributed by atoms with Gasteiger partial charge >= 0.3 is 0 Å².